The van der Waals surface area contributed by atoms with Crippen molar-refractivity contribution in [2.75, 3.05) is 18.9 Å². The first-order valence-corrected chi connectivity index (χ1v) is 5.59. The van der Waals surface area contributed by atoms with Crippen LogP contribution >= 0.6 is 0 Å². The van der Waals surface area contributed by atoms with Crippen LogP contribution in [0.3, 0.4) is 0 Å². The van der Waals surface area contributed by atoms with Gasteiger partial charge in [0, 0.05) is 23.6 Å². The first kappa shape index (κ1) is 12.2. The van der Waals surface area contributed by atoms with Crippen LogP contribution in [0.1, 0.15) is 0 Å². The first-order chi connectivity index (χ1) is 8.79. The van der Waals surface area contributed by atoms with Gasteiger partial charge in [-0.2, -0.15) is 0 Å². The Morgan fingerprint density at radius 1 is 1.11 bits per heavy atom. The Morgan fingerprint density at radius 2 is 1.78 bits per heavy atom. The quantitative estimate of drug-likeness (QED) is 0.848. The van der Waals surface area contributed by atoms with Crippen LogP contribution in [0, 0.1) is 0 Å². The molecule has 2 aromatic rings. The average molecular weight is 242 g/mol. The standard InChI is InChI=1S/C13H14N4O/c1-14-8-13(18)17-12-4-2-10(3-5-12)11-6-15-9-16-7-11/h2-7,9,14H,8H2,1H3,(H,17,18). The Labute approximate surface area is 105 Å². The molecule has 1 aromatic carbocycles. The molecule has 92 valence electrons. The minimum absolute atomic E-state index is 0.0618. The van der Waals surface area contributed by atoms with Gasteiger partial charge in [-0.3, -0.25) is 4.79 Å². The number of carbonyl (C=O) groups excluding carboxylic acids is 1. The second kappa shape index (κ2) is 5.88. The summed E-state index contributed by atoms with van der Waals surface area (Å²) in [4.78, 5) is 19.3. The van der Waals surface area contributed by atoms with Gasteiger partial charge in [-0.25, -0.2) is 9.97 Å². The number of benzene rings is 1. The smallest absolute Gasteiger partial charge is 0.238 e. The van der Waals surface area contributed by atoms with Crippen LogP contribution in [0.25, 0.3) is 11.1 Å². The largest absolute Gasteiger partial charge is 0.325 e. The van der Waals surface area contributed by atoms with Crippen molar-refractivity contribution in [3.63, 3.8) is 0 Å². The van der Waals surface area contributed by atoms with Crippen molar-refractivity contribution in [3.8, 4) is 11.1 Å². The van der Waals surface area contributed by atoms with Gasteiger partial charge in [-0.05, 0) is 24.7 Å². The highest BCUT2D eigenvalue weighted by molar-refractivity contribution is 5.92. The molecule has 0 aliphatic rings. The maximum atomic E-state index is 11.4. The molecule has 5 heteroatoms. The van der Waals surface area contributed by atoms with Gasteiger partial charge >= 0.3 is 0 Å². The number of amides is 1. The molecule has 0 saturated heterocycles. The van der Waals surface area contributed by atoms with Gasteiger partial charge in [-0.1, -0.05) is 12.1 Å². The van der Waals surface area contributed by atoms with Gasteiger partial charge in [0.1, 0.15) is 6.33 Å². The van der Waals surface area contributed by atoms with E-state index in [0.29, 0.717) is 6.54 Å². The zero-order chi connectivity index (χ0) is 12.8. The van der Waals surface area contributed by atoms with Gasteiger partial charge in [0.05, 0.1) is 6.54 Å². The molecule has 0 unspecified atom stereocenters. The molecule has 0 spiro atoms. The molecule has 0 atom stereocenters. The maximum Gasteiger partial charge on any atom is 0.238 e. The highest BCUT2D eigenvalue weighted by Gasteiger charge is 2.01. The summed E-state index contributed by atoms with van der Waals surface area (Å²) in [5.41, 5.74) is 2.74. The lowest BCUT2D eigenvalue weighted by atomic mass is 10.1. The summed E-state index contributed by atoms with van der Waals surface area (Å²) >= 11 is 0. The summed E-state index contributed by atoms with van der Waals surface area (Å²) in [5.74, 6) is -0.0618. The number of likely N-dealkylation sites (N-methyl/N-ethyl adjacent to an activating group) is 1. The van der Waals surface area contributed by atoms with Crippen molar-refractivity contribution in [2.24, 2.45) is 0 Å². The molecule has 1 amide bonds. The van der Waals surface area contributed by atoms with Crippen molar-refractivity contribution < 1.29 is 4.79 Å². The molecular weight excluding hydrogens is 228 g/mol. The molecule has 2 N–H and O–H groups in total. The number of rotatable bonds is 4. The van der Waals surface area contributed by atoms with Gasteiger partial charge < -0.3 is 10.6 Å². The normalized spacial score (nSPS) is 10.1. The summed E-state index contributed by atoms with van der Waals surface area (Å²) < 4.78 is 0. The molecule has 0 radical (unpaired) electrons. The summed E-state index contributed by atoms with van der Waals surface area (Å²) in [5, 5.41) is 5.59. The third kappa shape index (κ3) is 3.11. The monoisotopic (exact) mass is 242 g/mol. The van der Waals surface area contributed by atoms with E-state index in [-0.39, 0.29) is 5.91 Å². The molecule has 0 aliphatic carbocycles. The van der Waals surface area contributed by atoms with E-state index in [1.165, 1.54) is 6.33 Å². The van der Waals surface area contributed by atoms with Crippen molar-refractivity contribution in [1.29, 1.82) is 0 Å². The lowest BCUT2D eigenvalue weighted by Crippen LogP contribution is -2.24. The molecule has 1 aromatic heterocycles. The summed E-state index contributed by atoms with van der Waals surface area (Å²) in [7, 11) is 1.73. The van der Waals surface area contributed by atoms with E-state index in [1.54, 1.807) is 19.4 Å². The fourth-order valence-corrected chi connectivity index (χ4v) is 1.56. The number of nitrogens with one attached hydrogen (secondary N) is 2. The summed E-state index contributed by atoms with van der Waals surface area (Å²) in [6.45, 7) is 0.300. The van der Waals surface area contributed by atoms with Crippen LogP contribution in [-0.4, -0.2) is 29.5 Å². The van der Waals surface area contributed by atoms with Crippen molar-refractivity contribution in [2.45, 2.75) is 0 Å². The molecule has 2 rings (SSSR count). The highest BCUT2D eigenvalue weighted by atomic mass is 16.1. The Kier molecular flexibility index (Phi) is 3.98. The predicted octanol–water partition coefficient (Wildman–Crippen LogP) is 1.30. The first-order valence-electron chi connectivity index (χ1n) is 5.59. The van der Waals surface area contributed by atoms with Gasteiger partial charge in [-0.15, -0.1) is 0 Å². The molecule has 18 heavy (non-hydrogen) atoms. The highest BCUT2D eigenvalue weighted by Crippen LogP contribution is 2.19. The predicted molar refractivity (Wildman–Crippen MR) is 70.0 cm³/mol. The minimum atomic E-state index is -0.0618. The number of carbonyl (C=O) groups is 1. The van der Waals surface area contributed by atoms with E-state index in [2.05, 4.69) is 20.6 Å². The lowest BCUT2D eigenvalue weighted by molar-refractivity contribution is -0.115. The van der Waals surface area contributed by atoms with Crippen LogP contribution in [0.2, 0.25) is 0 Å². The van der Waals surface area contributed by atoms with Crippen LogP contribution in [-0.2, 0) is 4.79 Å². The zero-order valence-corrected chi connectivity index (χ0v) is 10.1. The Balaban J connectivity index is 2.09. The number of anilines is 1. The summed E-state index contributed by atoms with van der Waals surface area (Å²) in [6.07, 6.45) is 5.00. The second-order valence-corrected chi connectivity index (χ2v) is 3.78. The van der Waals surface area contributed by atoms with E-state index in [1.807, 2.05) is 24.3 Å². The van der Waals surface area contributed by atoms with Crippen LogP contribution in [0.15, 0.2) is 43.0 Å². The van der Waals surface area contributed by atoms with E-state index < -0.39 is 0 Å². The molecule has 5 nitrogen and oxygen atoms in total. The zero-order valence-electron chi connectivity index (χ0n) is 10.1. The fraction of sp³-hybridized carbons (Fsp3) is 0.154. The van der Waals surface area contributed by atoms with E-state index >= 15 is 0 Å². The van der Waals surface area contributed by atoms with Crippen molar-refractivity contribution >= 4 is 11.6 Å². The van der Waals surface area contributed by atoms with Crippen LogP contribution in [0.5, 0.6) is 0 Å². The van der Waals surface area contributed by atoms with Crippen LogP contribution < -0.4 is 10.6 Å². The number of hydrogen-bond acceptors (Lipinski definition) is 4. The Hall–Kier alpha value is -2.27. The van der Waals surface area contributed by atoms with E-state index in [4.69, 9.17) is 0 Å². The van der Waals surface area contributed by atoms with Crippen molar-refractivity contribution in [1.82, 2.24) is 15.3 Å². The van der Waals surface area contributed by atoms with Crippen LogP contribution in [0.4, 0.5) is 5.69 Å². The number of hydrogen-bond donors (Lipinski definition) is 2. The molecular formula is C13H14N4O. The fourth-order valence-electron chi connectivity index (χ4n) is 1.56. The molecule has 0 fully saturated rings. The molecule has 0 bridgehead atoms. The average Bonchev–Trinajstić information content (AvgIpc) is 2.41. The van der Waals surface area contributed by atoms with E-state index in [0.717, 1.165) is 16.8 Å². The van der Waals surface area contributed by atoms with Gasteiger partial charge in [0.25, 0.3) is 0 Å². The molecule has 1 heterocycles. The Bertz CT molecular complexity index is 510. The molecule has 0 saturated carbocycles. The number of nitrogens with zero attached hydrogens (tertiary/aromatic N) is 2. The third-order valence-electron chi connectivity index (χ3n) is 2.40. The van der Waals surface area contributed by atoms with Gasteiger partial charge in [0.2, 0.25) is 5.91 Å². The van der Waals surface area contributed by atoms with Crippen molar-refractivity contribution in [3.05, 3.63) is 43.0 Å². The Morgan fingerprint density at radius 3 is 2.39 bits per heavy atom. The van der Waals surface area contributed by atoms with Gasteiger partial charge in [0.15, 0.2) is 0 Å². The maximum absolute atomic E-state index is 11.4. The second-order valence-electron chi connectivity index (χ2n) is 3.78. The van der Waals surface area contributed by atoms with E-state index in [9.17, 15) is 4.79 Å². The number of aromatic nitrogens is 2. The topological polar surface area (TPSA) is 66.9 Å². The SMILES string of the molecule is CNCC(=O)Nc1ccc(-c2cncnc2)cc1. The third-order valence-corrected chi connectivity index (χ3v) is 2.40. The lowest BCUT2D eigenvalue weighted by Gasteiger charge is -2.06. The molecule has 0 aliphatic heterocycles. The minimum Gasteiger partial charge on any atom is -0.325 e. The summed E-state index contributed by atoms with van der Waals surface area (Å²) in [6, 6.07) is 7.56.